The normalized spacial score (nSPS) is 24.1. The van der Waals surface area contributed by atoms with E-state index in [1.165, 1.54) is 30.0 Å². The van der Waals surface area contributed by atoms with Crippen LogP contribution in [-0.2, 0) is 21.1 Å². The second-order valence-corrected chi connectivity index (χ2v) is 10.8. The third kappa shape index (κ3) is 4.49. The minimum atomic E-state index is -3.17. The lowest BCUT2D eigenvalue weighted by atomic mass is 10.1. The SMILES string of the molecule is O=C(CCc1ccccc1)N=C1SC2CS(=O)(=O)CC2N1c1ccc(F)c(Cl)c1. The molecule has 2 aromatic carbocycles. The third-order valence-electron chi connectivity index (χ3n) is 4.94. The van der Waals surface area contributed by atoms with E-state index in [9.17, 15) is 17.6 Å². The van der Waals surface area contributed by atoms with Gasteiger partial charge in [0.1, 0.15) is 5.82 Å². The van der Waals surface area contributed by atoms with Crippen LogP contribution in [0.2, 0.25) is 5.02 Å². The molecule has 5 nitrogen and oxygen atoms in total. The van der Waals surface area contributed by atoms with E-state index in [4.69, 9.17) is 11.6 Å². The molecular formula is C20H18ClFN2O3S2. The number of carbonyl (C=O) groups excluding carboxylic acids is 1. The number of aryl methyl sites for hydroxylation is 1. The topological polar surface area (TPSA) is 66.8 Å². The van der Waals surface area contributed by atoms with Crippen molar-refractivity contribution < 1.29 is 17.6 Å². The largest absolute Gasteiger partial charge is 0.316 e. The number of rotatable bonds is 4. The van der Waals surface area contributed by atoms with Gasteiger partial charge in [0.05, 0.1) is 22.6 Å². The van der Waals surface area contributed by atoms with Crippen LogP contribution in [0.25, 0.3) is 0 Å². The molecule has 1 amide bonds. The second-order valence-electron chi connectivity index (χ2n) is 7.04. The van der Waals surface area contributed by atoms with Crippen LogP contribution in [0.4, 0.5) is 10.1 Å². The molecule has 152 valence electrons. The van der Waals surface area contributed by atoms with Crippen LogP contribution in [0.3, 0.4) is 0 Å². The number of amidine groups is 1. The molecule has 2 atom stereocenters. The predicted molar refractivity (Wildman–Crippen MR) is 115 cm³/mol. The zero-order chi connectivity index (χ0) is 20.6. The molecule has 0 aromatic heterocycles. The van der Waals surface area contributed by atoms with Crippen LogP contribution in [0.5, 0.6) is 0 Å². The number of fused-ring (bicyclic) bond motifs is 1. The van der Waals surface area contributed by atoms with Gasteiger partial charge in [0, 0.05) is 17.4 Å². The molecule has 9 heteroatoms. The summed E-state index contributed by atoms with van der Waals surface area (Å²) in [6.45, 7) is 0. The summed E-state index contributed by atoms with van der Waals surface area (Å²) in [4.78, 5) is 18.5. The number of hydrogen-bond donors (Lipinski definition) is 0. The van der Waals surface area contributed by atoms with Crippen LogP contribution in [0.15, 0.2) is 53.5 Å². The molecule has 0 aliphatic carbocycles. The Balaban J connectivity index is 1.59. The molecule has 0 radical (unpaired) electrons. The van der Waals surface area contributed by atoms with Gasteiger partial charge in [-0.15, -0.1) is 0 Å². The molecule has 2 unspecified atom stereocenters. The Morgan fingerprint density at radius 2 is 1.97 bits per heavy atom. The highest BCUT2D eigenvalue weighted by atomic mass is 35.5. The smallest absolute Gasteiger partial charge is 0.248 e. The van der Waals surface area contributed by atoms with Crippen LogP contribution in [-0.4, -0.2) is 42.3 Å². The molecule has 0 N–H and O–H groups in total. The van der Waals surface area contributed by atoms with E-state index in [1.807, 2.05) is 30.3 Å². The number of nitrogens with zero attached hydrogens (tertiary/aromatic N) is 2. The summed E-state index contributed by atoms with van der Waals surface area (Å²) < 4.78 is 37.8. The minimum absolute atomic E-state index is 0.0309. The number of benzene rings is 2. The summed E-state index contributed by atoms with van der Waals surface area (Å²) >= 11 is 7.21. The van der Waals surface area contributed by atoms with Gasteiger partial charge in [-0.1, -0.05) is 53.7 Å². The van der Waals surface area contributed by atoms with Gasteiger partial charge in [-0.05, 0) is 30.2 Å². The quantitative estimate of drug-likeness (QED) is 0.707. The Hall–Kier alpha value is -1.90. The Morgan fingerprint density at radius 1 is 1.21 bits per heavy atom. The molecule has 2 heterocycles. The monoisotopic (exact) mass is 452 g/mol. The van der Waals surface area contributed by atoms with Gasteiger partial charge in [0.25, 0.3) is 0 Å². The lowest BCUT2D eigenvalue weighted by molar-refractivity contribution is -0.117. The number of aliphatic imine (C=N–C) groups is 1. The van der Waals surface area contributed by atoms with Crippen LogP contribution >= 0.6 is 23.4 Å². The highest BCUT2D eigenvalue weighted by Gasteiger charge is 2.49. The van der Waals surface area contributed by atoms with E-state index in [-0.39, 0.29) is 40.1 Å². The number of thioether (sulfide) groups is 1. The second kappa shape index (κ2) is 8.08. The number of amides is 1. The van der Waals surface area contributed by atoms with Crippen molar-refractivity contribution in [3.8, 4) is 0 Å². The molecular weight excluding hydrogens is 435 g/mol. The van der Waals surface area contributed by atoms with Crippen molar-refractivity contribution in [1.29, 1.82) is 0 Å². The van der Waals surface area contributed by atoms with E-state index < -0.39 is 15.7 Å². The Morgan fingerprint density at radius 3 is 2.69 bits per heavy atom. The zero-order valence-corrected chi connectivity index (χ0v) is 17.7. The average molecular weight is 453 g/mol. The number of halogens is 2. The van der Waals surface area contributed by atoms with Crippen LogP contribution in [0, 0.1) is 5.82 Å². The Labute approximate surface area is 177 Å². The maximum atomic E-state index is 13.6. The van der Waals surface area contributed by atoms with Crippen molar-refractivity contribution in [2.45, 2.75) is 24.1 Å². The summed E-state index contributed by atoms with van der Waals surface area (Å²) in [7, 11) is -3.17. The summed E-state index contributed by atoms with van der Waals surface area (Å²) in [6, 6.07) is 13.5. The summed E-state index contributed by atoms with van der Waals surface area (Å²) in [5, 5.41) is 0.159. The fraction of sp³-hybridized carbons (Fsp3) is 0.300. The van der Waals surface area contributed by atoms with Gasteiger partial charge in [-0.25, -0.2) is 12.8 Å². The first kappa shape index (κ1) is 20.4. The third-order valence-corrected chi connectivity index (χ3v) is 8.44. The molecule has 0 bridgehead atoms. The van der Waals surface area contributed by atoms with Gasteiger partial charge in [-0.2, -0.15) is 4.99 Å². The van der Waals surface area contributed by atoms with Crippen LogP contribution in [0.1, 0.15) is 12.0 Å². The number of carbonyl (C=O) groups is 1. The van der Waals surface area contributed by atoms with E-state index in [2.05, 4.69) is 4.99 Å². The van der Waals surface area contributed by atoms with Gasteiger partial charge < -0.3 is 4.90 Å². The van der Waals surface area contributed by atoms with Crippen molar-refractivity contribution in [2.24, 2.45) is 4.99 Å². The summed E-state index contributed by atoms with van der Waals surface area (Å²) in [5.41, 5.74) is 1.58. The van der Waals surface area contributed by atoms with Crippen molar-refractivity contribution in [2.75, 3.05) is 16.4 Å². The van der Waals surface area contributed by atoms with Gasteiger partial charge in [0.2, 0.25) is 5.91 Å². The van der Waals surface area contributed by atoms with Crippen molar-refractivity contribution in [3.05, 3.63) is 64.9 Å². The molecule has 2 aliphatic rings. The predicted octanol–water partition coefficient (Wildman–Crippen LogP) is 3.71. The minimum Gasteiger partial charge on any atom is -0.316 e. The fourth-order valence-electron chi connectivity index (χ4n) is 3.56. The van der Waals surface area contributed by atoms with E-state index >= 15 is 0 Å². The van der Waals surface area contributed by atoms with Gasteiger partial charge in [-0.3, -0.25) is 4.79 Å². The van der Waals surface area contributed by atoms with E-state index in [1.54, 1.807) is 4.90 Å². The van der Waals surface area contributed by atoms with Gasteiger partial charge >= 0.3 is 0 Å². The number of hydrogen-bond acceptors (Lipinski definition) is 4. The molecule has 4 rings (SSSR count). The summed E-state index contributed by atoms with van der Waals surface area (Å²) in [6.07, 6.45) is 0.824. The first-order valence-corrected chi connectivity index (χ1v) is 12.2. The highest BCUT2D eigenvalue weighted by Crippen LogP contribution is 2.41. The summed E-state index contributed by atoms with van der Waals surface area (Å²) in [5.74, 6) is -0.838. The first-order valence-electron chi connectivity index (χ1n) is 9.09. The zero-order valence-electron chi connectivity index (χ0n) is 15.3. The molecule has 2 saturated heterocycles. The van der Waals surface area contributed by atoms with E-state index in [0.29, 0.717) is 17.3 Å². The maximum absolute atomic E-state index is 13.6. The lowest BCUT2D eigenvalue weighted by Crippen LogP contribution is -2.37. The lowest BCUT2D eigenvalue weighted by Gasteiger charge is -2.24. The Kier molecular flexibility index (Phi) is 5.68. The molecule has 2 aromatic rings. The van der Waals surface area contributed by atoms with Crippen molar-refractivity contribution >= 4 is 50.0 Å². The maximum Gasteiger partial charge on any atom is 0.248 e. The highest BCUT2D eigenvalue weighted by molar-refractivity contribution is 8.16. The molecule has 0 saturated carbocycles. The molecule has 0 spiro atoms. The van der Waals surface area contributed by atoms with Crippen molar-refractivity contribution in [1.82, 2.24) is 0 Å². The fourth-order valence-corrected chi connectivity index (χ4v) is 7.67. The molecule has 2 fully saturated rings. The Bertz CT molecular complexity index is 1080. The number of anilines is 1. The first-order chi connectivity index (χ1) is 13.8. The average Bonchev–Trinajstić information content (AvgIpc) is 3.14. The van der Waals surface area contributed by atoms with E-state index in [0.717, 1.165) is 5.56 Å². The standard InChI is InChI=1S/C20H18ClFN2O3S2/c21-15-10-14(7-8-16(15)22)24-17-11-29(26,27)12-18(17)28-20(24)23-19(25)9-6-13-4-2-1-3-5-13/h1-5,7-8,10,17-18H,6,9,11-12H2. The number of sulfone groups is 1. The van der Waals surface area contributed by atoms with Crippen molar-refractivity contribution in [3.63, 3.8) is 0 Å². The molecule has 29 heavy (non-hydrogen) atoms. The van der Waals surface area contributed by atoms with Gasteiger partial charge in [0.15, 0.2) is 15.0 Å². The van der Waals surface area contributed by atoms with Crippen LogP contribution < -0.4 is 4.90 Å². The molecule has 2 aliphatic heterocycles.